The lowest BCUT2D eigenvalue weighted by atomic mass is 10.1. The van der Waals surface area contributed by atoms with E-state index in [-0.39, 0.29) is 31.1 Å². The van der Waals surface area contributed by atoms with Crippen LogP contribution in [0.2, 0.25) is 0 Å². The molecule has 0 radical (unpaired) electrons. The van der Waals surface area contributed by atoms with E-state index in [9.17, 15) is 14.4 Å². The molecule has 34 heavy (non-hydrogen) atoms. The SMILES string of the molecule is CC(=O)NCC1CN(c2ccc(N3CCOC4CN(C(=O)OC(C)(C)C)CC43)c(F)c2)C(=O)O1. The number of anilines is 2. The Bertz CT molecular complexity index is 967. The van der Waals surface area contributed by atoms with Gasteiger partial charge in [-0.15, -0.1) is 0 Å². The van der Waals surface area contributed by atoms with Gasteiger partial charge < -0.3 is 29.3 Å². The molecular weight excluding hydrogens is 447 g/mol. The van der Waals surface area contributed by atoms with Gasteiger partial charge in [0.2, 0.25) is 5.91 Å². The average Bonchev–Trinajstić information content (AvgIpc) is 3.34. The van der Waals surface area contributed by atoms with E-state index < -0.39 is 29.7 Å². The van der Waals surface area contributed by atoms with Gasteiger partial charge in [-0.2, -0.15) is 0 Å². The normalized spacial score (nSPS) is 24.7. The zero-order valence-corrected chi connectivity index (χ0v) is 19.9. The number of amides is 3. The summed E-state index contributed by atoms with van der Waals surface area (Å²) in [5, 5.41) is 2.62. The predicted molar refractivity (Wildman–Crippen MR) is 121 cm³/mol. The first kappa shape index (κ1) is 24.1. The van der Waals surface area contributed by atoms with Crippen LogP contribution in [0.4, 0.5) is 25.4 Å². The molecule has 3 saturated heterocycles. The lowest BCUT2D eigenvalue weighted by Crippen LogP contribution is -2.51. The number of fused-ring (bicyclic) bond motifs is 1. The first-order valence-electron chi connectivity index (χ1n) is 11.4. The van der Waals surface area contributed by atoms with Crippen molar-refractivity contribution in [2.24, 2.45) is 0 Å². The number of cyclic esters (lactones) is 1. The molecule has 3 unspecified atom stereocenters. The van der Waals surface area contributed by atoms with Crippen LogP contribution in [0, 0.1) is 5.82 Å². The van der Waals surface area contributed by atoms with E-state index >= 15 is 4.39 Å². The number of rotatable bonds is 4. The maximum atomic E-state index is 15.3. The molecule has 1 aromatic rings. The minimum absolute atomic E-state index is 0.198. The lowest BCUT2D eigenvalue weighted by molar-refractivity contribution is -0.119. The van der Waals surface area contributed by atoms with E-state index in [0.717, 1.165) is 0 Å². The molecule has 0 aliphatic carbocycles. The highest BCUT2D eigenvalue weighted by Crippen LogP contribution is 2.33. The fourth-order valence-corrected chi connectivity index (χ4v) is 4.46. The number of halogens is 1. The summed E-state index contributed by atoms with van der Waals surface area (Å²) < 4.78 is 31.9. The van der Waals surface area contributed by atoms with Crippen LogP contribution in [0.1, 0.15) is 27.7 Å². The van der Waals surface area contributed by atoms with Crippen LogP contribution in [0.25, 0.3) is 0 Å². The van der Waals surface area contributed by atoms with Crippen LogP contribution in [0.15, 0.2) is 18.2 Å². The molecule has 3 amide bonds. The van der Waals surface area contributed by atoms with Crippen LogP contribution in [-0.4, -0.2) is 86.2 Å². The van der Waals surface area contributed by atoms with Crippen molar-refractivity contribution in [3.63, 3.8) is 0 Å². The Morgan fingerprint density at radius 2 is 2.00 bits per heavy atom. The molecule has 11 heteroatoms. The van der Waals surface area contributed by atoms with Crippen molar-refractivity contribution in [1.82, 2.24) is 10.2 Å². The molecule has 10 nitrogen and oxygen atoms in total. The van der Waals surface area contributed by atoms with E-state index in [4.69, 9.17) is 14.2 Å². The number of nitrogens with one attached hydrogen (secondary N) is 1. The zero-order chi connectivity index (χ0) is 24.6. The lowest BCUT2D eigenvalue weighted by Gasteiger charge is -2.38. The molecule has 3 heterocycles. The van der Waals surface area contributed by atoms with E-state index in [1.165, 1.54) is 17.9 Å². The summed E-state index contributed by atoms with van der Waals surface area (Å²) in [4.78, 5) is 40.8. The van der Waals surface area contributed by atoms with Crippen molar-refractivity contribution in [2.75, 3.05) is 49.1 Å². The number of carbonyl (C=O) groups is 3. The average molecular weight is 479 g/mol. The summed E-state index contributed by atoms with van der Waals surface area (Å²) in [7, 11) is 0. The fourth-order valence-electron chi connectivity index (χ4n) is 4.46. The Hall–Kier alpha value is -3.08. The zero-order valence-electron chi connectivity index (χ0n) is 19.9. The number of benzene rings is 1. The summed E-state index contributed by atoms with van der Waals surface area (Å²) in [5.74, 6) is -0.696. The third-order valence-electron chi connectivity index (χ3n) is 5.96. The standard InChI is InChI=1S/C23H31FN4O6/c1-14(29)25-10-16-11-28(22(31)33-16)15-5-6-18(17(24)9-15)27-7-8-32-20-13-26(12-19(20)27)21(30)34-23(2,3)4/h5-6,9,16,19-20H,7-8,10-13H2,1-4H3,(H,25,29). The van der Waals surface area contributed by atoms with Gasteiger partial charge in [0.05, 0.1) is 49.8 Å². The van der Waals surface area contributed by atoms with Gasteiger partial charge in [-0.05, 0) is 39.0 Å². The van der Waals surface area contributed by atoms with Crippen LogP contribution >= 0.6 is 0 Å². The highest BCUT2D eigenvalue weighted by atomic mass is 19.1. The van der Waals surface area contributed by atoms with Crippen molar-refractivity contribution >= 4 is 29.5 Å². The second-order valence-corrected chi connectivity index (χ2v) is 9.74. The highest BCUT2D eigenvalue weighted by Gasteiger charge is 2.44. The van der Waals surface area contributed by atoms with Gasteiger partial charge >= 0.3 is 12.2 Å². The number of hydrogen-bond donors (Lipinski definition) is 1. The topological polar surface area (TPSA) is 101 Å². The molecule has 3 aliphatic heterocycles. The Morgan fingerprint density at radius 3 is 2.68 bits per heavy atom. The number of likely N-dealkylation sites (tertiary alicyclic amines) is 1. The summed E-state index contributed by atoms with van der Waals surface area (Å²) in [5.41, 5.74) is 0.157. The van der Waals surface area contributed by atoms with Crippen molar-refractivity contribution in [2.45, 2.75) is 51.5 Å². The third kappa shape index (κ3) is 5.19. The molecule has 0 saturated carbocycles. The smallest absolute Gasteiger partial charge is 0.414 e. The fraction of sp³-hybridized carbons (Fsp3) is 0.609. The molecule has 1 aromatic carbocycles. The van der Waals surface area contributed by atoms with Gasteiger partial charge in [-0.25, -0.2) is 14.0 Å². The van der Waals surface area contributed by atoms with Crippen molar-refractivity contribution in [1.29, 1.82) is 0 Å². The maximum Gasteiger partial charge on any atom is 0.414 e. The molecule has 0 spiro atoms. The largest absolute Gasteiger partial charge is 0.444 e. The summed E-state index contributed by atoms with van der Waals surface area (Å²) in [6, 6.07) is 4.41. The van der Waals surface area contributed by atoms with E-state index in [2.05, 4.69) is 5.32 Å². The molecular formula is C23H31FN4O6. The number of nitrogens with zero attached hydrogens (tertiary/aromatic N) is 3. The molecule has 4 rings (SSSR count). The van der Waals surface area contributed by atoms with Crippen molar-refractivity contribution < 1.29 is 33.0 Å². The molecule has 1 N–H and O–H groups in total. The van der Waals surface area contributed by atoms with Crippen LogP contribution in [0.3, 0.4) is 0 Å². The first-order chi connectivity index (χ1) is 16.0. The van der Waals surface area contributed by atoms with Gasteiger partial charge in [-0.1, -0.05) is 0 Å². The Labute approximate surface area is 197 Å². The van der Waals surface area contributed by atoms with Gasteiger partial charge in [0, 0.05) is 20.0 Å². The monoisotopic (exact) mass is 478 g/mol. The quantitative estimate of drug-likeness (QED) is 0.708. The molecule has 3 aliphatic rings. The minimum Gasteiger partial charge on any atom is -0.444 e. The van der Waals surface area contributed by atoms with Crippen LogP contribution < -0.4 is 15.1 Å². The van der Waals surface area contributed by atoms with E-state index in [0.29, 0.717) is 37.6 Å². The summed E-state index contributed by atoms with van der Waals surface area (Å²) in [6.07, 6.45) is -1.75. The molecule has 3 fully saturated rings. The number of carbonyl (C=O) groups excluding carboxylic acids is 3. The number of ether oxygens (including phenoxy) is 3. The van der Waals surface area contributed by atoms with Crippen LogP contribution in [0.5, 0.6) is 0 Å². The molecule has 0 aromatic heterocycles. The summed E-state index contributed by atoms with van der Waals surface area (Å²) >= 11 is 0. The summed E-state index contributed by atoms with van der Waals surface area (Å²) in [6.45, 7) is 8.86. The molecule has 3 atom stereocenters. The molecule has 186 valence electrons. The number of hydrogen-bond acceptors (Lipinski definition) is 7. The van der Waals surface area contributed by atoms with Gasteiger partial charge in [-0.3, -0.25) is 9.69 Å². The van der Waals surface area contributed by atoms with Gasteiger partial charge in [0.15, 0.2) is 0 Å². The van der Waals surface area contributed by atoms with Gasteiger partial charge in [0.1, 0.15) is 17.5 Å². The second-order valence-electron chi connectivity index (χ2n) is 9.74. The second kappa shape index (κ2) is 9.28. The number of morpholine rings is 1. The van der Waals surface area contributed by atoms with Crippen molar-refractivity contribution in [3.8, 4) is 0 Å². The van der Waals surface area contributed by atoms with Crippen LogP contribution in [-0.2, 0) is 19.0 Å². The predicted octanol–water partition coefficient (Wildman–Crippen LogP) is 2.11. The Kier molecular flexibility index (Phi) is 6.57. The minimum atomic E-state index is -0.606. The Balaban J connectivity index is 1.46. The molecule has 0 bridgehead atoms. The third-order valence-corrected chi connectivity index (χ3v) is 5.96. The van der Waals surface area contributed by atoms with E-state index in [1.807, 2.05) is 25.7 Å². The van der Waals surface area contributed by atoms with E-state index in [1.54, 1.807) is 17.0 Å². The first-order valence-corrected chi connectivity index (χ1v) is 11.4. The highest BCUT2D eigenvalue weighted by molar-refractivity contribution is 5.90. The van der Waals surface area contributed by atoms with Gasteiger partial charge in [0.25, 0.3) is 0 Å². The van der Waals surface area contributed by atoms with Crippen molar-refractivity contribution in [3.05, 3.63) is 24.0 Å². The maximum absolute atomic E-state index is 15.3. The Morgan fingerprint density at radius 1 is 1.24 bits per heavy atom.